The Kier molecular flexibility index (Phi) is 10.8. The second-order valence-corrected chi connectivity index (χ2v) is 5.96. The number of nitrogens with one attached hydrogen (secondary N) is 1. The van der Waals surface area contributed by atoms with Gasteiger partial charge in [0.2, 0.25) is 0 Å². The number of benzene rings is 1. The first-order valence-electron chi connectivity index (χ1n) is 8.75. The van der Waals surface area contributed by atoms with Crippen molar-refractivity contribution in [1.82, 2.24) is 5.32 Å². The molecule has 1 heteroatoms. The zero-order valence-corrected chi connectivity index (χ0v) is 13.8. The first-order valence-corrected chi connectivity index (χ1v) is 8.75. The Hall–Kier alpha value is -1.08. The van der Waals surface area contributed by atoms with Gasteiger partial charge in [-0.3, -0.25) is 0 Å². The summed E-state index contributed by atoms with van der Waals surface area (Å²) in [6.45, 7) is 7.19. The van der Waals surface area contributed by atoms with E-state index in [9.17, 15) is 0 Å². The SMILES string of the molecule is C=CCCCCCC(CCCc1ccccc1)NCCC. The van der Waals surface area contributed by atoms with Gasteiger partial charge in [-0.1, -0.05) is 56.2 Å². The zero-order valence-electron chi connectivity index (χ0n) is 13.8. The predicted octanol–water partition coefficient (Wildman–Crippen LogP) is 5.51. The number of hydrogen-bond acceptors (Lipinski definition) is 1. The molecule has 0 heterocycles. The number of unbranched alkanes of at least 4 members (excludes halogenated alkanes) is 3. The molecule has 0 aliphatic carbocycles. The topological polar surface area (TPSA) is 12.0 Å². The molecule has 1 nitrogen and oxygen atoms in total. The molecule has 0 saturated carbocycles. The Morgan fingerprint density at radius 1 is 1.05 bits per heavy atom. The molecule has 21 heavy (non-hydrogen) atoms. The van der Waals surface area contributed by atoms with Crippen LogP contribution in [-0.2, 0) is 6.42 Å². The summed E-state index contributed by atoms with van der Waals surface area (Å²) >= 11 is 0. The van der Waals surface area contributed by atoms with E-state index < -0.39 is 0 Å². The molecule has 1 aromatic carbocycles. The van der Waals surface area contributed by atoms with Gasteiger partial charge in [0.05, 0.1) is 0 Å². The highest BCUT2D eigenvalue weighted by Crippen LogP contribution is 2.12. The molecule has 1 aromatic rings. The second kappa shape index (κ2) is 12.6. The molecule has 0 aliphatic rings. The summed E-state index contributed by atoms with van der Waals surface area (Å²) in [5.74, 6) is 0. The number of rotatable bonds is 13. The van der Waals surface area contributed by atoms with Gasteiger partial charge in [-0.25, -0.2) is 0 Å². The van der Waals surface area contributed by atoms with Gasteiger partial charge in [0.15, 0.2) is 0 Å². The van der Waals surface area contributed by atoms with Crippen molar-refractivity contribution in [3.8, 4) is 0 Å². The predicted molar refractivity (Wildman–Crippen MR) is 94.7 cm³/mol. The van der Waals surface area contributed by atoms with Crippen LogP contribution in [0.25, 0.3) is 0 Å². The fourth-order valence-electron chi connectivity index (χ4n) is 2.75. The Labute approximate surface area is 131 Å². The molecule has 1 unspecified atom stereocenters. The summed E-state index contributed by atoms with van der Waals surface area (Å²) in [5.41, 5.74) is 1.47. The highest BCUT2D eigenvalue weighted by atomic mass is 14.9. The Morgan fingerprint density at radius 2 is 1.81 bits per heavy atom. The number of aryl methyl sites for hydroxylation is 1. The quantitative estimate of drug-likeness (QED) is 0.372. The van der Waals surface area contributed by atoms with Crippen LogP contribution in [0.3, 0.4) is 0 Å². The lowest BCUT2D eigenvalue weighted by molar-refractivity contribution is 0.424. The molecular weight excluding hydrogens is 254 g/mol. The van der Waals surface area contributed by atoms with Crippen LogP contribution in [0.15, 0.2) is 43.0 Å². The van der Waals surface area contributed by atoms with E-state index in [0.29, 0.717) is 6.04 Å². The van der Waals surface area contributed by atoms with Gasteiger partial charge in [-0.05, 0) is 57.1 Å². The maximum Gasteiger partial charge on any atom is 0.00671 e. The monoisotopic (exact) mass is 287 g/mol. The van der Waals surface area contributed by atoms with Crippen LogP contribution >= 0.6 is 0 Å². The molecule has 1 rings (SSSR count). The summed E-state index contributed by atoms with van der Waals surface area (Å²) in [6, 6.07) is 11.6. The van der Waals surface area contributed by atoms with Crippen LogP contribution in [0.1, 0.15) is 63.9 Å². The first-order chi connectivity index (χ1) is 10.4. The van der Waals surface area contributed by atoms with Crippen LogP contribution < -0.4 is 5.32 Å². The maximum atomic E-state index is 3.79. The van der Waals surface area contributed by atoms with E-state index in [-0.39, 0.29) is 0 Å². The minimum Gasteiger partial charge on any atom is -0.314 e. The van der Waals surface area contributed by atoms with Crippen LogP contribution in [0.5, 0.6) is 0 Å². The highest BCUT2D eigenvalue weighted by Gasteiger charge is 2.07. The van der Waals surface area contributed by atoms with E-state index in [2.05, 4.69) is 49.2 Å². The number of allylic oxidation sites excluding steroid dienone is 1. The molecule has 1 atom stereocenters. The van der Waals surface area contributed by atoms with Crippen molar-refractivity contribution in [1.29, 1.82) is 0 Å². The summed E-state index contributed by atoms with van der Waals surface area (Å²) in [7, 11) is 0. The third-order valence-electron chi connectivity index (χ3n) is 4.00. The first kappa shape index (κ1) is 18.0. The van der Waals surface area contributed by atoms with Gasteiger partial charge in [0, 0.05) is 6.04 Å². The molecule has 0 radical (unpaired) electrons. The van der Waals surface area contributed by atoms with Crippen molar-refractivity contribution in [2.45, 2.75) is 70.8 Å². The molecule has 0 saturated heterocycles. The van der Waals surface area contributed by atoms with E-state index in [1.165, 1.54) is 63.4 Å². The van der Waals surface area contributed by atoms with E-state index in [1.807, 2.05) is 6.08 Å². The molecule has 0 fully saturated rings. The van der Waals surface area contributed by atoms with E-state index in [4.69, 9.17) is 0 Å². The summed E-state index contributed by atoms with van der Waals surface area (Å²) in [5, 5.41) is 3.73. The van der Waals surface area contributed by atoms with Crippen molar-refractivity contribution in [3.05, 3.63) is 48.6 Å². The second-order valence-electron chi connectivity index (χ2n) is 5.96. The van der Waals surface area contributed by atoms with Gasteiger partial charge >= 0.3 is 0 Å². The van der Waals surface area contributed by atoms with Crippen LogP contribution in [0.2, 0.25) is 0 Å². The van der Waals surface area contributed by atoms with Gasteiger partial charge in [-0.15, -0.1) is 6.58 Å². The maximum absolute atomic E-state index is 3.79. The molecule has 1 N–H and O–H groups in total. The van der Waals surface area contributed by atoms with Crippen LogP contribution in [0, 0.1) is 0 Å². The smallest absolute Gasteiger partial charge is 0.00671 e. The lowest BCUT2D eigenvalue weighted by atomic mass is 10.00. The van der Waals surface area contributed by atoms with Gasteiger partial charge in [0.25, 0.3) is 0 Å². The van der Waals surface area contributed by atoms with Crippen molar-refractivity contribution >= 4 is 0 Å². The molecule has 0 aromatic heterocycles. The zero-order chi connectivity index (χ0) is 15.2. The lowest BCUT2D eigenvalue weighted by Gasteiger charge is -2.18. The molecule has 0 aliphatic heterocycles. The van der Waals surface area contributed by atoms with Crippen LogP contribution in [0.4, 0.5) is 0 Å². The average Bonchev–Trinajstić information content (AvgIpc) is 2.52. The largest absolute Gasteiger partial charge is 0.314 e. The normalized spacial score (nSPS) is 12.2. The van der Waals surface area contributed by atoms with Crippen LogP contribution in [-0.4, -0.2) is 12.6 Å². The molecule has 0 bridgehead atoms. The summed E-state index contributed by atoms with van der Waals surface area (Å²) in [6.07, 6.45) is 13.5. The molecule has 118 valence electrons. The van der Waals surface area contributed by atoms with Gasteiger partial charge in [-0.2, -0.15) is 0 Å². The molecule has 0 amide bonds. The molecular formula is C20H33N. The fraction of sp³-hybridized carbons (Fsp3) is 0.600. The minimum atomic E-state index is 0.706. The van der Waals surface area contributed by atoms with Gasteiger partial charge < -0.3 is 5.32 Å². The van der Waals surface area contributed by atoms with E-state index in [0.717, 1.165) is 6.54 Å². The third-order valence-corrected chi connectivity index (χ3v) is 4.00. The number of hydrogen-bond donors (Lipinski definition) is 1. The van der Waals surface area contributed by atoms with Gasteiger partial charge in [0.1, 0.15) is 0 Å². The van der Waals surface area contributed by atoms with Crippen molar-refractivity contribution in [3.63, 3.8) is 0 Å². The third kappa shape index (κ3) is 9.47. The Morgan fingerprint density at radius 3 is 2.52 bits per heavy atom. The highest BCUT2D eigenvalue weighted by molar-refractivity contribution is 5.14. The van der Waals surface area contributed by atoms with E-state index in [1.54, 1.807) is 0 Å². The fourth-order valence-corrected chi connectivity index (χ4v) is 2.75. The summed E-state index contributed by atoms with van der Waals surface area (Å²) < 4.78 is 0. The minimum absolute atomic E-state index is 0.706. The van der Waals surface area contributed by atoms with Crippen molar-refractivity contribution < 1.29 is 0 Å². The van der Waals surface area contributed by atoms with Crippen molar-refractivity contribution in [2.75, 3.05) is 6.54 Å². The Bertz CT molecular complexity index is 344. The standard InChI is InChI=1S/C20H33N/c1-3-5-6-7-11-16-20(21-18-4-2)17-12-15-19-13-9-8-10-14-19/h3,8-10,13-14,20-21H,1,4-7,11-12,15-18H2,2H3. The summed E-state index contributed by atoms with van der Waals surface area (Å²) in [4.78, 5) is 0. The van der Waals surface area contributed by atoms with E-state index >= 15 is 0 Å². The van der Waals surface area contributed by atoms with Crippen molar-refractivity contribution in [2.24, 2.45) is 0 Å². The Balaban J connectivity index is 2.20. The molecule has 0 spiro atoms. The average molecular weight is 287 g/mol. The lowest BCUT2D eigenvalue weighted by Crippen LogP contribution is -2.29.